The summed E-state index contributed by atoms with van der Waals surface area (Å²) in [5, 5.41) is 2.56. The van der Waals surface area contributed by atoms with Crippen molar-refractivity contribution in [3.8, 4) is 0 Å². The summed E-state index contributed by atoms with van der Waals surface area (Å²) in [7, 11) is -3.75. The molecule has 2 heterocycles. The lowest BCUT2D eigenvalue weighted by Gasteiger charge is -2.36. The van der Waals surface area contributed by atoms with Crippen LogP contribution in [0.2, 0.25) is 0 Å². The number of aromatic nitrogens is 2. The second-order valence-corrected chi connectivity index (χ2v) is 9.56. The zero-order valence-electron chi connectivity index (χ0n) is 16.5. The van der Waals surface area contributed by atoms with Crippen molar-refractivity contribution in [2.45, 2.75) is 17.9 Å². The fourth-order valence-corrected chi connectivity index (χ4v) is 5.62. The maximum atomic E-state index is 13.4. The Bertz CT molecular complexity index is 1230. The summed E-state index contributed by atoms with van der Waals surface area (Å²) in [4.78, 5) is 14.5. The Morgan fingerprint density at radius 2 is 1.84 bits per heavy atom. The van der Waals surface area contributed by atoms with E-state index in [1.54, 1.807) is 19.1 Å². The molecule has 1 aliphatic heterocycles. The molecular weight excluding hydrogens is 448 g/mol. The number of hydrogen-bond donors (Lipinski definition) is 1. The Hall–Kier alpha value is -2.54. The van der Waals surface area contributed by atoms with Gasteiger partial charge in [0.25, 0.3) is 0 Å². The summed E-state index contributed by atoms with van der Waals surface area (Å²) in [5.41, 5.74) is 1.04. The number of nitrogens with one attached hydrogen (secondary N) is 1. The fourth-order valence-electron chi connectivity index (χ4n) is 3.45. The molecule has 0 bridgehead atoms. The van der Waals surface area contributed by atoms with Gasteiger partial charge in [-0.15, -0.1) is 0 Å². The Morgan fingerprint density at radius 1 is 1.10 bits per heavy atom. The molecule has 0 unspecified atom stereocenters. The van der Waals surface area contributed by atoms with Crippen LogP contribution in [0.1, 0.15) is 6.92 Å². The van der Waals surface area contributed by atoms with E-state index >= 15 is 0 Å². The Kier molecular flexibility index (Phi) is 5.97. The Morgan fingerprint density at radius 3 is 2.55 bits per heavy atom. The number of fused-ring (bicyclic) bond motifs is 1. The SMILES string of the molecule is C[C@H](C(=O)Nc1ccc(F)c(F)c1)N1CCN(S(=O)(=O)c2cccc3nsnc23)CC1. The van der Waals surface area contributed by atoms with E-state index in [-0.39, 0.29) is 29.6 Å². The Balaban J connectivity index is 1.41. The second kappa shape index (κ2) is 8.54. The van der Waals surface area contributed by atoms with Crippen molar-refractivity contribution in [3.63, 3.8) is 0 Å². The molecule has 164 valence electrons. The van der Waals surface area contributed by atoms with Gasteiger partial charge in [-0.1, -0.05) is 6.07 Å². The van der Waals surface area contributed by atoms with Crippen LogP contribution in [0.4, 0.5) is 14.5 Å². The number of anilines is 1. The van der Waals surface area contributed by atoms with Gasteiger partial charge < -0.3 is 5.32 Å². The summed E-state index contributed by atoms with van der Waals surface area (Å²) < 4.78 is 62.2. The minimum Gasteiger partial charge on any atom is -0.325 e. The van der Waals surface area contributed by atoms with E-state index in [0.717, 1.165) is 23.9 Å². The number of nitrogens with zero attached hydrogens (tertiary/aromatic N) is 4. The van der Waals surface area contributed by atoms with Crippen LogP contribution >= 0.6 is 11.7 Å². The molecule has 1 atom stereocenters. The lowest BCUT2D eigenvalue weighted by atomic mass is 10.2. The molecule has 1 aromatic heterocycles. The van der Waals surface area contributed by atoms with Crippen molar-refractivity contribution in [1.82, 2.24) is 18.0 Å². The highest BCUT2D eigenvalue weighted by Crippen LogP contribution is 2.25. The van der Waals surface area contributed by atoms with Crippen LogP contribution in [0, 0.1) is 11.6 Å². The van der Waals surface area contributed by atoms with E-state index in [1.165, 1.54) is 16.4 Å². The van der Waals surface area contributed by atoms with E-state index in [2.05, 4.69) is 14.1 Å². The van der Waals surface area contributed by atoms with Gasteiger partial charge in [-0.05, 0) is 31.2 Å². The third-order valence-electron chi connectivity index (χ3n) is 5.25. The first-order valence-electron chi connectivity index (χ1n) is 9.49. The molecule has 4 rings (SSSR count). The smallest absolute Gasteiger partial charge is 0.245 e. The van der Waals surface area contributed by atoms with Gasteiger partial charge in [0.15, 0.2) is 11.6 Å². The molecular formula is C19H19F2N5O3S2. The third-order valence-corrected chi connectivity index (χ3v) is 7.73. The molecule has 1 aliphatic rings. The number of carbonyl (C=O) groups excluding carboxylic acids is 1. The molecule has 31 heavy (non-hydrogen) atoms. The van der Waals surface area contributed by atoms with E-state index < -0.39 is 27.7 Å². The van der Waals surface area contributed by atoms with Gasteiger partial charge in [-0.2, -0.15) is 13.1 Å². The van der Waals surface area contributed by atoms with E-state index in [1.807, 2.05) is 4.90 Å². The highest BCUT2D eigenvalue weighted by atomic mass is 32.2. The predicted octanol–water partition coefficient (Wildman–Crippen LogP) is 2.30. The molecule has 8 nitrogen and oxygen atoms in total. The summed E-state index contributed by atoms with van der Waals surface area (Å²) in [5.74, 6) is -2.43. The molecule has 0 spiro atoms. The molecule has 1 fully saturated rings. The first-order valence-corrected chi connectivity index (χ1v) is 11.7. The number of sulfonamides is 1. The quantitative estimate of drug-likeness (QED) is 0.619. The summed E-state index contributed by atoms with van der Waals surface area (Å²) in [6.45, 7) is 2.78. The lowest BCUT2D eigenvalue weighted by Crippen LogP contribution is -2.53. The molecule has 0 aliphatic carbocycles. The molecule has 0 radical (unpaired) electrons. The van der Waals surface area contributed by atoms with Crippen LogP contribution in [0.15, 0.2) is 41.3 Å². The zero-order chi connectivity index (χ0) is 22.2. The zero-order valence-corrected chi connectivity index (χ0v) is 18.1. The van der Waals surface area contributed by atoms with E-state index in [9.17, 15) is 22.0 Å². The second-order valence-electron chi connectivity index (χ2n) is 7.12. The largest absolute Gasteiger partial charge is 0.325 e. The average molecular weight is 468 g/mol. The number of halogens is 2. The van der Waals surface area contributed by atoms with Crippen LogP contribution in [-0.4, -0.2) is 64.5 Å². The highest BCUT2D eigenvalue weighted by Gasteiger charge is 2.33. The molecule has 1 N–H and O–H groups in total. The lowest BCUT2D eigenvalue weighted by molar-refractivity contribution is -0.121. The molecule has 2 aromatic carbocycles. The molecule has 3 aromatic rings. The maximum Gasteiger partial charge on any atom is 0.245 e. The van der Waals surface area contributed by atoms with Crippen LogP contribution in [0.25, 0.3) is 11.0 Å². The fraction of sp³-hybridized carbons (Fsp3) is 0.316. The van der Waals surface area contributed by atoms with Crippen molar-refractivity contribution in [1.29, 1.82) is 0 Å². The minimum atomic E-state index is -3.75. The van der Waals surface area contributed by atoms with Crippen molar-refractivity contribution < 1.29 is 22.0 Å². The summed E-state index contributed by atoms with van der Waals surface area (Å²) >= 11 is 0.960. The predicted molar refractivity (Wildman–Crippen MR) is 112 cm³/mol. The van der Waals surface area contributed by atoms with Gasteiger partial charge in [-0.25, -0.2) is 17.2 Å². The maximum absolute atomic E-state index is 13.4. The van der Waals surface area contributed by atoms with Crippen LogP contribution in [0.3, 0.4) is 0 Å². The first kappa shape index (κ1) is 21.7. The number of hydrogen-bond acceptors (Lipinski definition) is 7. The van der Waals surface area contributed by atoms with Crippen molar-refractivity contribution in [3.05, 3.63) is 48.0 Å². The summed E-state index contributed by atoms with van der Waals surface area (Å²) in [6, 6.07) is 7.42. The van der Waals surface area contributed by atoms with E-state index in [0.29, 0.717) is 24.1 Å². The van der Waals surface area contributed by atoms with Gasteiger partial charge in [0.05, 0.1) is 17.8 Å². The third kappa shape index (κ3) is 4.28. The minimum absolute atomic E-state index is 0.122. The van der Waals surface area contributed by atoms with Crippen LogP contribution in [0.5, 0.6) is 0 Å². The van der Waals surface area contributed by atoms with Gasteiger partial charge in [-0.3, -0.25) is 9.69 Å². The number of carbonyl (C=O) groups is 1. The highest BCUT2D eigenvalue weighted by molar-refractivity contribution is 7.89. The van der Waals surface area contributed by atoms with Crippen LogP contribution < -0.4 is 5.32 Å². The molecule has 1 saturated heterocycles. The number of benzene rings is 2. The van der Waals surface area contributed by atoms with Crippen molar-refractivity contribution >= 4 is 44.4 Å². The van der Waals surface area contributed by atoms with Gasteiger partial charge in [0.1, 0.15) is 15.9 Å². The van der Waals surface area contributed by atoms with Crippen molar-refractivity contribution in [2.75, 3.05) is 31.5 Å². The molecule has 0 saturated carbocycles. The van der Waals surface area contributed by atoms with E-state index in [4.69, 9.17) is 0 Å². The van der Waals surface area contributed by atoms with Gasteiger partial charge in [0, 0.05) is 37.9 Å². The van der Waals surface area contributed by atoms with Gasteiger partial charge >= 0.3 is 0 Å². The summed E-state index contributed by atoms with van der Waals surface area (Å²) in [6.07, 6.45) is 0. The number of amides is 1. The molecule has 1 amide bonds. The first-order chi connectivity index (χ1) is 14.8. The topological polar surface area (TPSA) is 95.5 Å². The Labute approximate surface area is 181 Å². The average Bonchev–Trinajstić information content (AvgIpc) is 3.24. The monoisotopic (exact) mass is 467 g/mol. The number of piperazine rings is 1. The normalized spacial score (nSPS) is 17.0. The van der Waals surface area contributed by atoms with Gasteiger partial charge in [0.2, 0.25) is 15.9 Å². The van der Waals surface area contributed by atoms with Crippen molar-refractivity contribution in [2.24, 2.45) is 0 Å². The molecule has 12 heteroatoms. The van der Waals surface area contributed by atoms with Crippen LogP contribution in [-0.2, 0) is 14.8 Å². The standard InChI is InChI=1S/C19H19F2N5O3S2/c1-12(19(27)22-13-5-6-14(20)15(21)11-13)25-7-9-26(10-8-25)31(28,29)17-4-2-3-16-18(17)24-30-23-16/h2-6,11-12H,7-10H2,1H3,(H,22,27)/t12-/m1/s1. The number of rotatable bonds is 5.